The molecule has 0 aliphatic carbocycles. The van der Waals surface area contributed by atoms with Gasteiger partial charge in [0.15, 0.2) is 0 Å². The molecule has 18 rings (SSSR count). The second-order valence-corrected chi connectivity index (χ2v) is 24.6. The Morgan fingerprint density at radius 2 is 0.489 bits per heavy atom. The quantitative estimate of drug-likeness (QED) is 0.118. The second-order valence-electron chi connectivity index (χ2n) is 23.7. The summed E-state index contributed by atoms with van der Waals surface area (Å²) in [5.74, 6) is 0. The van der Waals surface area contributed by atoms with Crippen molar-refractivity contribution >= 4 is 115 Å². The Morgan fingerprint density at radius 1 is 0.202 bits per heavy atom. The summed E-state index contributed by atoms with van der Waals surface area (Å²) in [6.45, 7) is 0. The molecule has 0 atom stereocenters. The Kier molecular flexibility index (Phi) is 15.4. The molecule has 6 heteroatoms. The summed E-state index contributed by atoms with van der Waals surface area (Å²) in [5.41, 5.74) is 21.1. The molecule has 0 amide bonds. The lowest BCUT2D eigenvalue weighted by Crippen LogP contribution is -2.29. The van der Waals surface area contributed by atoms with E-state index in [0.717, 1.165) is 48.3 Å². The lowest BCUT2D eigenvalue weighted by atomic mass is 9.80. The number of furan rings is 2. The van der Waals surface area contributed by atoms with Gasteiger partial charge in [-0.1, -0.05) is 295 Å². The number of benzene rings is 16. The van der Waals surface area contributed by atoms with Crippen LogP contribution in [-0.4, -0.2) is 17.2 Å². The first-order valence-corrected chi connectivity index (χ1v) is 32.4. The van der Waals surface area contributed by atoms with Crippen LogP contribution in [-0.2, 0) is 0 Å². The van der Waals surface area contributed by atoms with Gasteiger partial charge >= 0.3 is 7.12 Å². The summed E-state index contributed by atoms with van der Waals surface area (Å²) >= 11 is 3.64. The van der Waals surface area contributed by atoms with Crippen LogP contribution in [0.25, 0.3) is 165 Å². The topological polar surface area (TPSA) is 66.7 Å². The van der Waals surface area contributed by atoms with Crippen molar-refractivity contribution in [2.45, 2.75) is 0 Å². The smallest absolute Gasteiger partial charge is 0.456 e. The van der Waals surface area contributed by atoms with E-state index in [0.29, 0.717) is 5.46 Å². The molecule has 18 aromatic rings. The lowest BCUT2D eigenvalue weighted by Gasteiger charge is -2.19. The van der Waals surface area contributed by atoms with Crippen molar-refractivity contribution < 1.29 is 18.9 Å². The highest BCUT2D eigenvalue weighted by molar-refractivity contribution is 9.10. The average Bonchev–Trinajstić information content (AvgIpc) is 1.07. The third-order valence-electron chi connectivity index (χ3n) is 18.1. The molecule has 444 valence electrons. The van der Waals surface area contributed by atoms with Crippen LogP contribution in [0.3, 0.4) is 0 Å². The van der Waals surface area contributed by atoms with E-state index in [4.69, 9.17) is 18.9 Å². The van der Waals surface area contributed by atoms with Crippen molar-refractivity contribution in [3.8, 4) is 77.9 Å². The van der Waals surface area contributed by atoms with Crippen LogP contribution in [0.4, 0.5) is 0 Å². The van der Waals surface area contributed by atoms with Gasteiger partial charge in [-0.3, -0.25) is 0 Å². The fraction of sp³-hybridized carbons (Fsp3) is 0. The largest absolute Gasteiger partial charge is 0.488 e. The van der Waals surface area contributed by atoms with Gasteiger partial charge in [-0.25, -0.2) is 0 Å². The van der Waals surface area contributed by atoms with E-state index in [9.17, 15) is 0 Å². The molecule has 4 nitrogen and oxygen atoms in total. The van der Waals surface area contributed by atoms with Gasteiger partial charge in [0.1, 0.15) is 22.3 Å². The third-order valence-corrected chi connectivity index (χ3v) is 18.6. The first kappa shape index (κ1) is 57.8. The van der Waals surface area contributed by atoms with Crippen molar-refractivity contribution in [1.29, 1.82) is 0 Å². The van der Waals surface area contributed by atoms with Gasteiger partial charge < -0.3 is 18.9 Å². The molecule has 2 heterocycles. The van der Waals surface area contributed by atoms with Crippen molar-refractivity contribution in [1.82, 2.24) is 0 Å². The van der Waals surface area contributed by atoms with Gasteiger partial charge in [-0.15, -0.1) is 0 Å². The number of rotatable bonds is 8. The zero-order valence-corrected chi connectivity index (χ0v) is 52.6. The molecule has 0 saturated heterocycles. The summed E-state index contributed by atoms with van der Waals surface area (Å²) in [5, 5.41) is 32.6. The number of hydrogen-bond acceptors (Lipinski definition) is 4. The van der Waals surface area contributed by atoms with Crippen molar-refractivity contribution in [2.24, 2.45) is 0 Å². The minimum Gasteiger partial charge on any atom is -0.456 e. The fourth-order valence-corrected chi connectivity index (χ4v) is 14.1. The molecule has 16 aromatic carbocycles. The van der Waals surface area contributed by atoms with E-state index in [1.54, 1.807) is 18.2 Å². The fourth-order valence-electron chi connectivity index (χ4n) is 13.7. The van der Waals surface area contributed by atoms with E-state index in [1.165, 1.54) is 121 Å². The Hall–Kier alpha value is -11.4. The molecule has 2 N–H and O–H groups in total. The van der Waals surface area contributed by atoms with Crippen LogP contribution < -0.4 is 5.46 Å². The molecule has 2 aromatic heterocycles. The Bertz CT molecular complexity index is 5840. The molecule has 0 saturated carbocycles. The van der Waals surface area contributed by atoms with E-state index in [-0.39, 0.29) is 0 Å². The average molecular weight is 1270 g/mol. The Balaban J connectivity index is 0.000000124. The molecule has 0 aliphatic heterocycles. The molecule has 0 unspecified atom stereocenters. The minimum absolute atomic E-state index is 0.471. The highest BCUT2D eigenvalue weighted by Crippen LogP contribution is 2.47. The first-order chi connectivity index (χ1) is 46.4. The van der Waals surface area contributed by atoms with Gasteiger partial charge in [0.2, 0.25) is 0 Å². The molecule has 94 heavy (non-hydrogen) atoms. The SMILES string of the molecule is Brc1cccc(-c2ccc3c(-c4ccccc4)c4ccccc4c(-c4ccccc4)c3c2)c1.OB(O)c1ccc2oc3ccccc3c2c1.c1ccc(-c2c3ccccc3c(-c3ccccc3)c3cc(-c4cccc(-c5ccc6oc7ccccc7c6c5)c4)ccc23)cc1. The Morgan fingerprint density at radius 3 is 0.904 bits per heavy atom. The summed E-state index contributed by atoms with van der Waals surface area (Å²) < 4.78 is 12.8. The predicted molar refractivity (Wildman–Crippen MR) is 399 cm³/mol. The predicted octanol–water partition coefficient (Wildman–Crippen LogP) is 23.6. The number of hydrogen-bond donors (Lipinski definition) is 2. The van der Waals surface area contributed by atoms with E-state index in [1.807, 2.05) is 36.4 Å². The zero-order chi connectivity index (χ0) is 63.1. The molecular weight excluding hydrogens is 1210 g/mol. The number of para-hydroxylation sites is 2. The highest BCUT2D eigenvalue weighted by atomic mass is 79.9. The molecule has 0 spiro atoms. The molecular formula is C88H58BBrO4. The minimum atomic E-state index is -1.45. The van der Waals surface area contributed by atoms with Gasteiger partial charge in [-0.2, -0.15) is 0 Å². The maximum atomic E-state index is 9.12. The maximum absolute atomic E-state index is 9.12. The summed E-state index contributed by atoms with van der Waals surface area (Å²) in [6.07, 6.45) is 0. The molecule has 0 aliphatic rings. The van der Waals surface area contributed by atoms with E-state index in [2.05, 4.69) is 301 Å². The summed E-state index contributed by atoms with van der Waals surface area (Å²) in [4.78, 5) is 0. The van der Waals surface area contributed by atoms with Crippen LogP contribution in [0.2, 0.25) is 0 Å². The molecule has 0 radical (unpaired) electrons. The van der Waals surface area contributed by atoms with Crippen LogP contribution in [0.1, 0.15) is 0 Å². The normalized spacial score (nSPS) is 11.4. The van der Waals surface area contributed by atoms with Crippen molar-refractivity contribution in [3.05, 3.63) is 344 Å². The maximum Gasteiger partial charge on any atom is 0.488 e. The standard InChI is InChI=1S/C44H28O.C32H21Br.C12H9BO3/c1-3-12-29(13-4-1)43-36-19-7-8-20-37(36)44(30-14-5-2-6-15-30)40-28-33(22-24-38(40)43)31-16-11-17-32(26-31)34-23-25-42-39(27-34)35-18-9-10-21-41(35)45-42;33-26-15-9-14-24(20-26)25-18-19-29-30(21-25)32(23-12-5-2-6-13-23)28-17-8-7-16-27(28)31(29)22-10-3-1-4-11-22;14-13(15)8-5-6-12-10(7-8)9-3-1-2-4-11(9)16-12/h1-28H;1-21H;1-7,14-15H. The summed E-state index contributed by atoms with van der Waals surface area (Å²) in [6, 6.07) is 120. The van der Waals surface area contributed by atoms with Crippen molar-refractivity contribution in [3.63, 3.8) is 0 Å². The summed E-state index contributed by atoms with van der Waals surface area (Å²) in [7, 11) is -1.45. The molecule has 0 bridgehead atoms. The van der Waals surface area contributed by atoms with Gasteiger partial charge in [0.05, 0.1) is 0 Å². The van der Waals surface area contributed by atoms with Gasteiger partial charge in [0.25, 0.3) is 0 Å². The second kappa shape index (κ2) is 25.0. The number of halogens is 1. The monoisotopic (exact) mass is 1270 g/mol. The number of fused-ring (bicyclic) bond motifs is 10. The van der Waals surface area contributed by atoms with E-state index >= 15 is 0 Å². The van der Waals surface area contributed by atoms with Crippen molar-refractivity contribution in [2.75, 3.05) is 0 Å². The zero-order valence-electron chi connectivity index (χ0n) is 51.0. The highest BCUT2D eigenvalue weighted by Gasteiger charge is 2.21. The van der Waals surface area contributed by atoms with Crippen LogP contribution in [0.15, 0.2) is 353 Å². The van der Waals surface area contributed by atoms with Gasteiger partial charge in [-0.05, 0) is 187 Å². The van der Waals surface area contributed by atoms with Gasteiger partial charge in [0, 0.05) is 26.0 Å². The van der Waals surface area contributed by atoms with Crippen LogP contribution in [0.5, 0.6) is 0 Å². The molecule has 0 fully saturated rings. The first-order valence-electron chi connectivity index (χ1n) is 31.6. The van der Waals surface area contributed by atoms with Crippen LogP contribution >= 0.6 is 15.9 Å². The van der Waals surface area contributed by atoms with E-state index < -0.39 is 7.12 Å². The third kappa shape index (κ3) is 10.9. The lowest BCUT2D eigenvalue weighted by molar-refractivity contribution is 0.426. The van der Waals surface area contributed by atoms with Crippen LogP contribution in [0, 0.1) is 0 Å². The Labute approximate surface area is 552 Å².